The molecule has 0 saturated carbocycles. The molecule has 1 aliphatic heterocycles. The molecule has 0 radical (unpaired) electrons. The van der Waals surface area contributed by atoms with Gasteiger partial charge in [0.25, 0.3) is 0 Å². The lowest BCUT2D eigenvalue weighted by Crippen LogP contribution is -2.37. The first-order valence-corrected chi connectivity index (χ1v) is 15.9. The largest absolute Gasteiger partial charge is 0.508 e. The number of benzene rings is 2. The number of rotatable bonds is 14. The number of fused-ring (bicyclic) bond motifs is 1. The van der Waals surface area contributed by atoms with Crippen molar-refractivity contribution in [3.63, 3.8) is 0 Å². The Bertz CT molecular complexity index is 1180. The molecule has 3 atom stereocenters. The molecule has 1 aliphatic rings. The average molecular weight is 567 g/mol. The lowest BCUT2D eigenvalue weighted by Gasteiger charge is -2.38. The average Bonchev–Trinajstić information content (AvgIpc) is 2.90. The van der Waals surface area contributed by atoms with Crippen LogP contribution in [0, 0.1) is 38.5 Å². The summed E-state index contributed by atoms with van der Waals surface area (Å²) in [6.07, 6.45) is 13.3. The van der Waals surface area contributed by atoms with Crippen LogP contribution in [0.5, 0.6) is 23.0 Å². The molecule has 0 unspecified atom stereocenters. The lowest BCUT2D eigenvalue weighted by atomic mass is 9.83. The van der Waals surface area contributed by atoms with Crippen molar-refractivity contribution in [2.75, 3.05) is 0 Å². The zero-order valence-electron chi connectivity index (χ0n) is 26.9. The lowest BCUT2D eigenvalue weighted by molar-refractivity contribution is 0.0508. The van der Waals surface area contributed by atoms with Gasteiger partial charge in [-0.2, -0.15) is 0 Å². The summed E-state index contributed by atoms with van der Waals surface area (Å²) < 4.78 is 12.5. The Balaban J connectivity index is 1.55. The van der Waals surface area contributed by atoms with E-state index in [9.17, 15) is 15.0 Å². The maximum Gasteiger partial charge on any atom is 0.347 e. The number of ether oxygens (including phenoxy) is 2. The van der Waals surface area contributed by atoms with Crippen molar-refractivity contribution in [3.8, 4) is 23.0 Å². The van der Waals surface area contributed by atoms with Crippen molar-refractivity contribution < 1.29 is 24.5 Å². The van der Waals surface area contributed by atoms with Crippen molar-refractivity contribution >= 4 is 5.97 Å². The molecule has 41 heavy (non-hydrogen) atoms. The van der Waals surface area contributed by atoms with E-state index in [2.05, 4.69) is 34.6 Å². The standard InChI is InChI=1S/C36H54O5/c1-23(2)12-9-13-24(3)14-10-15-25(4)16-11-20-36(8)21-19-30-28(7)33(26(5)27(6)34(30)41-36)40-35(39)31-22-29(37)17-18-32(31)38/h17-18,22-25,37-38H,9-16,19-21H2,1-8H3/t24-,25-,36-/m1/s1. The summed E-state index contributed by atoms with van der Waals surface area (Å²) in [7, 11) is 0. The molecule has 2 aromatic rings. The number of carbonyl (C=O) groups excluding carboxylic acids is 1. The molecule has 0 amide bonds. The molecule has 5 heteroatoms. The molecule has 0 fully saturated rings. The SMILES string of the molecule is Cc1c(C)c2c(c(C)c1OC(=O)c1cc(O)ccc1O)CC[C@@](C)(CCC[C@H](C)CCC[C@H](C)CCCC(C)C)O2. The van der Waals surface area contributed by atoms with Crippen molar-refractivity contribution in [3.05, 3.63) is 46.0 Å². The van der Waals surface area contributed by atoms with Crippen LogP contribution >= 0.6 is 0 Å². The summed E-state index contributed by atoms with van der Waals surface area (Å²) in [6.45, 7) is 17.6. The summed E-state index contributed by atoms with van der Waals surface area (Å²) in [6, 6.07) is 3.84. The zero-order valence-corrected chi connectivity index (χ0v) is 26.9. The van der Waals surface area contributed by atoms with Gasteiger partial charge in [-0.05, 0) is 106 Å². The number of aromatic hydroxyl groups is 2. The summed E-state index contributed by atoms with van der Waals surface area (Å²) in [5.41, 5.74) is 3.55. The summed E-state index contributed by atoms with van der Waals surface area (Å²) >= 11 is 0. The number of carbonyl (C=O) groups is 1. The normalized spacial score (nSPS) is 18.1. The number of esters is 1. The van der Waals surface area contributed by atoms with E-state index < -0.39 is 5.97 Å². The van der Waals surface area contributed by atoms with E-state index in [4.69, 9.17) is 9.47 Å². The van der Waals surface area contributed by atoms with Crippen LogP contribution in [0.2, 0.25) is 0 Å². The Kier molecular flexibility index (Phi) is 11.6. The van der Waals surface area contributed by atoms with Gasteiger partial charge in [0, 0.05) is 5.56 Å². The number of hydrogen-bond donors (Lipinski definition) is 2. The Morgan fingerprint density at radius 2 is 1.51 bits per heavy atom. The smallest absolute Gasteiger partial charge is 0.347 e. The third kappa shape index (κ3) is 8.90. The van der Waals surface area contributed by atoms with Gasteiger partial charge in [-0.1, -0.05) is 72.6 Å². The third-order valence-electron chi connectivity index (χ3n) is 9.23. The molecule has 5 nitrogen and oxygen atoms in total. The predicted octanol–water partition coefficient (Wildman–Crippen LogP) is 9.77. The van der Waals surface area contributed by atoms with E-state index in [1.165, 1.54) is 63.1 Å². The Morgan fingerprint density at radius 3 is 2.15 bits per heavy atom. The maximum absolute atomic E-state index is 12.9. The van der Waals surface area contributed by atoms with Crippen LogP contribution < -0.4 is 9.47 Å². The quantitative estimate of drug-likeness (QED) is 0.135. The van der Waals surface area contributed by atoms with E-state index >= 15 is 0 Å². The van der Waals surface area contributed by atoms with E-state index in [0.717, 1.165) is 71.4 Å². The van der Waals surface area contributed by atoms with Crippen LogP contribution in [0.3, 0.4) is 0 Å². The van der Waals surface area contributed by atoms with E-state index in [0.29, 0.717) is 5.75 Å². The fraction of sp³-hybridized carbons (Fsp3) is 0.639. The zero-order chi connectivity index (χ0) is 30.3. The Morgan fingerprint density at radius 1 is 0.902 bits per heavy atom. The summed E-state index contributed by atoms with van der Waals surface area (Å²) in [5.74, 6) is 2.81. The highest BCUT2D eigenvalue weighted by atomic mass is 16.5. The highest BCUT2D eigenvalue weighted by molar-refractivity contribution is 5.94. The molecule has 1 heterocycles. The minimum absolute atomic E-state index is 0.0617. The number of phenols is 2. The summed E-state index contributed by atoms with van der Waals surface area (Å²) in [4.78, 5) is 12.9. The van der Waals surface area contributed by atoms with Crippen LogP contribution in [-0.4, -0.2) is 21.8 Å². The van der Waals surface area contributed by atoms with Gasteiger partial charge in [0.2, 0.25) is 0 Å². The minimum Gasteiger partial charge on any atom is -0.508 e. The molecule has 0 spiro atoms. The molecule has 2 aromatic carbocycles. The van der Waals surface area contributed by atoms with Gasteiger partial charge in [0.1, 0.15) is 34.2 Å². The molecule has 2 N–H and O–H groups in total. The minimum atomic E-state index is -0.694. The van der Waals surface area contributed by atoms with Crippen LogP contribution in [-0.2, 0) is 6.42 Å². The first kappa shape index (κ1) is 32.8. The second-order valence-corrected chi connectivity index (χ2v) is 13.5. The van der Waals surface area contributed by atoms with Gasteiger partial charge in [-0.25, -0.2) is 4.79 Å². The second kappa shape index (κ2) is 14.5. The number of hydrogen-bond acceptors (Lipinski definition) is 5. The molecular formula is C36H54O5. The Hall–Kier alpha value is -2.69. The first-order chi connectivity index (χ1) is 19.3. The second-order valence-electron chi connectivity index (χ2n) is 13.5. The molecular weight excluding hydrogens is 512 g/mol. The van der Waals surface area contributed by atoms with Crippen molar-refractivity contribution in [1.82, 2.24) is 0 Å². The molecule has 228 valence electrons. The molecule has 0 saturated heterocycles. The molecule has 0 aliphatic carbocycles. The van der Waals surface area contributed by atoms with Gasteiger partial charge in [-0.3, -0.25) is 0 Å². The fourth-order valence-corrected chi connectivity index (χ4v) is 6.25. The van der Waals surface area contributed by atoms with Crippen molar-refractivity contribution in [1.29, 1.82) is 0 Å². The monoisotopic (exact) mass is 566 g/mol. The topological polar surface area (TPSA) is 76.0 Å². The van der Waals surface area contributed by atoms with Crippen LogP contribution in [0.25, 0.3) is 0 Å². The molecule has 0 bridgehead atoms. The van der Waals surface area contributed by atoms with Gasteiger partial charge in [-0.15, -0.1) is 0 Å². The number of phenolic OH excluding ortho intramolecular Hbond substituents is 2. The van der Waals surface area contributed by atoms with E-state index in [1.54, 1.807) is 0 Å². The van der Waals surface area contributed by atoms with Crippen LogP contribution in [0.1, 0.15) is 131 Å². The van der Waals surface area contributed by atoms with Gasteiger partial charge in [0.15, 0.2) is 0 Å². The van der Waals surface area contributed by atoms with E-state index in [-0.39, 0.29) is 22.7 Å². The third-order valence-corrected chi connectivity index (χ3v) is 9.23. The van der Waals surface area contributed by atoms with Crippen LogP contribution in [0.15, 0.2) is 18.2 Å². The fourth-order valence-electron chi connectivity index (χ4n) is 6.25. The maximum atomic E-state index is 12.9. The molecule has 0 aromatic heterocycles. The van der Waals surface area contributed by atoms with Gasteiger partial charge in [0.05, 0.1) is 0 Å². The predicted molar refractivity (Wildman–Crippen MR) is 167 cm³/mol. The van der Waals surface area contributed by atoms with Crippen molar-refractivity contribution in [2.24, 2.45) is 17.8 Å². The summed E-state index contributed by atoms with van der Waals surface area (Å²) in [5, 5.41) is 19.9. The van der Waals surface area contributed by atoms with Crippen LogP contribution in [0.4, 0.5) is 0 Å². The van der Waals surface area contributed by atoms with Crippen molar-refractivity contribution in [2.45, 2.75) is 132 Å². The highest BCUT2D eigenvalue weighted by Gasteiger charge is 2.35. The van der Waals surface area contributed by atoms with Gasteiger partial charge >= 0.3 is 5.97 Å². The van der Waals surface area contributed by atoms with Gasteiger partial charge < -0.3 is 19.7 Å². The molecule has 3 rings (SSSR count). The highest BCUT2D eigenvalue weighted by Crippen LogP contribution is 2.45. The Labute approximate surface area is 248 Å². The first-order valence-electron chi connectivity index (χ1n) is 15.9. The van der Waals surface area contributed by atoms with E-state index in [1.807, 2.05) is 20.8 Å².